The van der Waals surface area contributed by atoms with Crippen LogP contribution in [0, 0.1) is 0 Å². The van der Waals surface area contributed by atoms with E-state index in [1.807, 2.05) is 31.2 Å². The molecule has 1 heterocycles. The van der Waals surface area contributed by atoms with Crippen molar-refractivity contribution < 1.29 is 0 Å². The zero-order chi connectivity index (χ0) is 10.7. The predicted molar refractivity (Wildman–Crippen MR) is 67.8 cm³/mol. The first kappa shape index (κ1) is 10.6. The van der Waals surface area contributed by atoms with Crippen LogP contribution >= 0.6 is 11.8 Å². The van der Waals surface area contributed by atoms with Gasteiger partial charge in [-0.3, -0.25) is 4.98 Å². The molecule has 2 rings (SSSR count). The molecule has 0 bridgehead atoms. The molecule has 1 saturated carbocycles. The van der Waals surface area contributed by atoms with Crippen molar-refractivity contribution in [2.45, 2.75) is 17.6 Å². The zero-order valence-corrected chi connectivity index (χ0v) is 10.0. The molecular formula is C11H17N3S. The molecule has 15 heavy (non-hydrogen) atoms. The number of thioether (sulfide) groups is 1. The molecule has 1 aliphatic rings. The standard InChI is InChI=1S/C11H17N3S/c1-12-9-5-10(7-13-6-9)14-8-11(15-2)3-4-11/h5-7,12,14H,3-4,8H2,1-2H3. The summed E-state index contributed by atoms with van der Waals surface area (Å²) >= 11 is 1.97. The average molecular weight is 223 g/mol. The highest BCUT2D eigenvalue weighted by Gasteiger charge is 2.41. The van der Waals surface area contributed by atoms with Crippen molar-refractivity contribution in [2.24, 2.45) is 0 Å². The lowest BCUT2D eigenvalue weighted by molar-refractivity contribution is 0.948. The van der Waals surface area contributed by atoms with E-state index in [2.05, 4.69) is 27.9 Å². The van der Waals surface area contributed by atoms with Crippen LogP contribution in [0.25, 0.3) is 0 Å². The predicted octanol–water partition coefficient (Wildman–Crippen LogP) is 2.43. The maximum Gasteiger partial charge on any atom is 0.0547 e. The monoisotopic (exact) mass is 223 g/mol. The summed E-state index contributed by atoms with van der Waals surface area (Å²) in [5.74, 6) is 0. The first-order valence-corrected chi connectivity index (χ1v) is 6.42. The topological polar surface area (TPSA) is 37.0 Å². The molecule has 1 aliphatic carbocycles. The molecule has 2 N–H and O–H groups in total. The van der Waals surface area contributed by atoms with Crippen LogP contribution in [0.2, 0.25) is 0 Å². The number of pyridine rings is 1. The fourth-order valence-electron chi connectivity index (χ4n) is 1.53. The van der Waals surface area contributed by atoms with E-state index in [0.29, 0.717) is 4.75 Å². The molecule has 0 radical (unpaired) electrons. The lowest BCUT2D eigenvalue weighted by atomic mass is 10.3. The molecule has 0 unspecified atom stereocenters. The summed E-state index contributed by atoms with van der Waals surface area (Å²) in [5, 5.41) is 6.54. The van der Waals surface area contributed by atoms with E-state index in [4.69, 9.17) is 0 Å². The second-order valence-electron chi connectivity index (χ2n) is 3.95. The Balaban J connectivity index is 1.93. The normalized spacial score (nSPS) is 17.2. The van der Waals surface area contributed by atoms with Gasteiger partial charge in [-0.15, -0.1) is 0 Å². The Labute approximate surface area is 95.1 Å². The molecule has 0 aromatic carbocycles. The van der Waals surface area contributed by atoms with E-state index in [-0.39, 0.29) is 0 Å². The smallest absolute Gasteiger partial charge is 0.0547 e. The fraction of sp³-hybridized carbons (Fsp3) is 0.545. The molecule has 1 aromatic rings. The number of anilines is 2. The molecule has 0 amide bonds. The summed E-state index contributed by atoms with van der Waals surface area (Å²) in [6.07, 6.45) is 8.56. The van der Waals surface area contributed by atoms with Crippen molar-refractivity contribution in [1.29, 1.82) is 0 Å². The van der Waals surface area contributed by atoms with Crippen LogP contribution in [0.3, 0.4) is 0 Å². The number of rotatable bonds is 5. The highest BCUT2D eigenvalue weighted by Crippen LogP contribution is 2.47. The summed E-state index contributed by atoms with van der Waals surface area (Å²) in [4.78, 5) is 4.17. The molecule has 4 heteroatoms. The van der Waals surface area contributed by atoms with Gasteiger partial charge in [-0.2, -0.15) is 11.8 Å². The quantitative estimate of drug-likeness (QED) is 0.804. The Hall–Kier alpha value is -0.900. The maximum atomic E-state index is 4.17. The van der Waals surface area contributed by atoms with Gasteiger partial charge in [0.1, 0.15) is 0 Å². The SMILES string of the molecule is CNc1cncc(NCC2(SC)CC2)c1. The third kappa shape index (κ3) is 2.56. The van der Waals surface area contributed by atoms with Crippen molar-refractivity contribution in [2.75, 3.05) is 30.5 Å². The molecule has 3 nitrogen and oxygen atoms in total. The van der Waals surface area contributed by atoms with Crippen molar-refractivity contribution >= 4 is 23.1 Å². The van der Waals surface area contributed by atoms with E-state index in [9.17, 15) is 0 Å². The van der Waals surface area contributed by atoms with Crippen LogP contribution in [-0.4, -0.2) is 29.6 Å². The van der Waals surface area contributed by atoms with Crippen LogP contribution < -0.4 is 10.6 Å². The van der Waals surface area contributed by atoms with Crippen LogP contribution in [0.4, 0.5) is 11.4 Å². The zero-order valence-electron chi connectivity index (χ0n) is 9.21. The third-order valence-electron chi connectivity index (χ3n) is 2.88. The highest BCUT2D eigenvalue weighted by atomic mass is 32.2. The van der Waals surface area contributed by atoms with Gasteiger partial charge in [0.15, 0.2) is 0 Å². The van der Waals surface area contributed by atoms with Gasteiger partial charge in [0.05, 0.1) is 23.8 Å². The lowest BCUT2D eigenvalue weighted by Crippen LogP contribution is -2.17. The van der Waals surface area contributed by atoms with Gasteiger partial charge < -0.3 is 10.6 Å². The molecule has 0 aliphatic heterocycles. The Bertz CT molecular complexity index is 336. The molecule has 0 atom stereocenters. The highest BCUT2D eigenvalue weighted by molar-refractivity contribution is 8.00. The number of nitrogens with zero attached hydrogens (tertiary/aromatic N) is 1. The molecular weight excluding hydrogens is 206 g/mol. The van der Waals surface area contributed by atoms with Gasteiger partial charge in [-0.05, 0) is 25.2 Å². The Kier molecular flexibility index (Phi) is 3.05. The van der Waals surface area contributed by atoms with E-state index in [0.717, 1.165) is 17.9 Å². The molecule has 0 spiro atoms. The average Bonchev–Trinajstić information content (AvgIpc) is 3.07. The molecule has 82 valence electrons. The summed E-state index contributed by atoms with van der Waals surface area (Å²) in [6.45, 7) is 1.04. The van der Waals surface area contributed by atoms with Gasteiger partial charge >= 0.3 is 0 Å². The fourth-order valence-corrected chi connectivity index (χ4v) is 2.26. The van der Waals surface area contributed by atoms with Crippen molar-refractivity contribution in [1.82, 2.24) is 4.98 Å². The van der Waals surface area contributed by atoms with Gasteiger partial charge in [-0.1, -0.05) is 0 Å². The number of hydrogen-bond acceptors (Lipinski definition) is 4. The van der Waals surface area contributed by atoms with Gasteiger partial charge in [0, 0.05) is 18.3 Å². The van der Waals surface area contributed by atoms with Crippen molar-refractivity contribution in [3.05, 3.63) is 18.5 Å². The maximum absolute atomic E-state index is 4.17. The van der Waals surface area contributed by atoms with Gasteiger partial charge in [0.25, 0.3) is 0 Å². The van der Waals surface area contributed by atoms with Crippen LogP contribution in [-0.2, 0) is 0 Å². The van der Waals surface area contributed by atoms with E-state index < -0.39 is 0 Å². The molecule has 1 aromatic heterocycles. The molecule has 0 saturated heterocycles. The Morgan fingerprint density at radius 1 is 1.40 bits per heavy atom. The number of hydrogen-bond donors (Lipinski definition) is 2. The van der Waals surface area contributed by atoms with Gasteiger partial charge in [-0.25, -0.2) is 0 Å². The second-order valence-corrected chi connectivity index (χ2v) is 5.23. The van der Waals surface area contributed by atoms with Gasteiger partial charge in [0.2, 0.25) is 0 Å². The lowest BCUT2D eigenvalue weighted by Gasteiger charge is -2.14. The minimum Gasteiger partial charge on any atom is -0.387 e. The molecule has 1 fully saturated rings. The summed E-state index contributed by atoms with van der Waals surface area (Å²) in [7, 11) is 1.91. The number of nitrogens with one attached hydrogen (secondary N) is 2. The minimum atomic E-state index is 0.496. The first-order chi connectivity index (χ1) is 7.28. The van der Waals surface area contributed by atoms with Crippen LogP contribution in [0.1, 0.15) is 12.8 Å². The summed E-state index contributed by atoms with van der Waals surface area (Å²) in [5.41, 5.74) is 2.15. The number of aromatic nitrogens is 1. The van der Waals surface area contributed by atoms with Crippen molar-refractivity contribution in [3.63, 3.8) is 0 Å². The van der Waals surface area contributed by atoms with E-state index in [1.54, 1.807) is 0 Å². The van der Waals surface area contributed by atoms with E-state index in [1.165, 1.54) is 12.8 Å². The Morgan fingerprint density at radius 2 is 2.13 bits per heavy atom. The van der Waals surface area contributed by atoms with Crippen LogP contribution in [0.5, 0.6) is 0 Å². The third-order valence-corrected chi connectivity index (χ3v) is 4.30. The van der Waals surface area contributed by atoms with E-state index >= 15 is 0 Å². The summed E-state index contributed by atoms with van der Waals surface area (Å²) in [6, 6.07) is 2.09. The van der Waals surface area contributed by atoms with Crippen LogP contribution in [0.15, 0.2) is 18.5 Å². The first-order valence-electron chi connectivity index (χ1n) is 5.20. The second kappa shape index (κ2) is 4.31. The summed E-state index contributed by atoms with van der Waals surface area (Å²) < 4.78 is 0.496. The van der Waals surface area contributed by atoms with Crippen molar-refractivity contribution in [3.8, 4) is 0 Å². The Morgan fingerprint density at radius 3 is 2.73 bits per heavy atom. The largest absolute Gasteiger partial charge is 0.387 e. The minimum absolute atomic E-state index is 0.496.